The Morgan fingerprint density at radius 2 is 1.94 bits per heavy atom. The zero-order valence-electron chi connectivity index (χ0n) is 10.4. The lowest BCUT2D eigenvalue weighted by molar-refractivity contribution is -0.385. The highest BCUT2D eigenvalue weighted by Gasteiger charge is 2.31. The van der Waals surface area contributed by atoms with Crippen molar-refractivity contribution in [1.29, 1.82) is 0 Å². The molecule has 0 saturated carbocycles. The highest BCUT2D eigenvalue weighted by molar-refractivity contribution is 5.77. The fourth-order valence-corrected chi connectivity index (χ4v) is 1.96. The maximum atomic E-state index is 11.4. The van der Waals surface area contributed by atoms with E-state index in [0.29, 0.717) is 13.1 Å². The van der Waals surface area contributed by atoms with Gasteiger partial charge in [0.25, 0.3) is 5.69 Å². The molecular weight excluding hydrogens is 236 g/mol. The molecule has 1 aromatic rings. The maximum absolute atomic E-state index is 11.4. The lowest BCUT2D eigenvalue weighted by Crippen LogP contribution is -2.34. The quantitative estimate of drug-likeness (QED) is 0.618. The second kappa shape index (κ2) is 6.11. The van der Waals surface area contributed by atoms with Gasteiger partial charge in [0.05, 0.1) is 10.5 Å². The summed E-state index contributed by atoms with van der Waals surface area (Å²) in [5.41, 5.74) is 0.0653. The van der Waals surface area contributed by atoms with Gasteiger partial charge in [-0.15, -0.1) is 0 Å². The third kappa shape index (κ3) is 2.84. The topological polar surface area (TPSA) is 83.7 Å². The minimum Gasteiger partial charge on any atom is -0.480 e. The number of likely N-dealkylation sites (N-methyl/N-ethyl adjacent to an activating group) is 1. The van der Waals surface area contributed by atoms with Crippen molar-refractivity contribution < 1.29 is 14.8 Å². The number of nitro benzene ring substituents is 1. The molecule has 18 heavy (non-hydrogen) atoms. The van der Waals surface area contributed by atoms with E-state index in [1.165, 1.54) is 18.2 Å². The molecule has 0 bridgehead atoms. The highest BCUT2D eigenvalue weighted by atomic mass is 16.6. The number of nitro groups is 1. The summed E-state index contributed by atoms with van der Waals surface area (Å²) in [6, 6.07) is 4.98. The lowest BCUT2D eigenvalue weighted by Gasteiger charge is -2.26. The van der Waals surface area contributed by atoms with Gasteiger partial charge in [-0.2, -0.15) is 0 Å². The molecule has 0 aliphatic heterocycles. The van der Waals surface area contributed by atoms with Crippen molar-refractivity contribution in [1.82, 2.24) is 4.90 Å². The third-order valence-corrected chi connectivity index (χ3v) is 2.84. The summed E-state index contributed by atoms with van der Waals surface area (Å²) in [6.07, 6.45) is 0. The molecule has 0 aromatic heterocycles. The van der Waals surface area contributed by atoms with Gasteiger partial charge in [-0.1, -0.05) is 26.0 Å². The molecule has 1 atom stereocenters. The molecule has 1 N–H and O–H groups in total. The minimum absolute atomic E-state index is 0.156. The Hall–Kier alpha value is -1.95. The normalized spacial score (nSPS) is 12.4. The monoisotopic (exact) mass is 252 g/mol. The van der Waals surface area contributed by atoms with Crippen molar-refractivity contribution in [2.45, 2.75) is 19.9 Å². The smallest absolute Gasteiger partial charge is 0.325 e. The molecule has 0 amide bonds. The van der Waals surface area contributed by atoms with Crippen LogP contribution in [0.3, 0.4) is 0 Å². The first-order chi connectivity index (χ1) is 8.52. The van der Waals surface area contributed by atoms with Gasteiger partial charge in [-0.3, -0.25) is 19.8 Å². The number of para-hydroxylation sites is 1. The molecule has 1 unspecified atom stereocenters. The fraction of sp³-hybridized carbons (Fsp3) is 0.417. The van der Waals surface area contributed by atoms with Crippen LogP contribution in [0.1, 0.15) is 25.5 Å². The first-order valence-electron chi connectivity index (χ1n) is 5.73. The molecule has 0 saturated heterocycles. The number of carboxylic acid groups (broad SMARTS) is 1. The van der Waals surface area contributed by atoms with E-state index in [9.17, 15) is 20.0 Å². The standard InChI is InChI=1S/C12H16N2O4/c1-3-13(4-2)11(12(15)16)9-7-5-6-8-10(9)14(17)18/h5-8,11H,3-4H2,1-2H3,(H,15,16). The lowest BCUT2D eigenvalue weighted by atomic mass is 10.0. The minimum atomic E-state index is -1.08. The summed E-state index contributed by atoms with van der Waals surface area (Å²) in [4.78, 5) is 23.4. The van der Waals surface area contributed by atoms with Crippen molar-refractivity contribution in [3.8, 4) is 0 Å². The average molecular weight is 252 g/mol. The molecule has 98 valence electrons. The summed E-state index contributed by atoms with van der Waals surface area (Å²) in [7, 11) is 0. The second-order valence-electron chi connectivity index (χ2n) is 3.78. The van der Waals surface area contributed by atoms with Gasteiger partial charge in [0.15, 0.2) is 0 Å². The fourth-order valence-electron chi connectivity index (χ4n) is 1.96. The molecule has 6 nitrogen and oxygen atoms in total. The van der Waals surface area contributed by atoms with Crippen molar-refractivity contribution in [2.24, 2.45) is 0 Å². The van der Waals surface area contributed by atoms with E-state index in [1.807, 2.05) is 13.8 Å². The first-order valence-corrected chi connectivity index (χ1v) is 5.73. The summed E-state index contributed by atoms with van der Waals surface area (Å²) >= 11 is 0. The van der Waals surface area contributed by atoms with Crippen LogP contribution in [0.15, 0.2) is 24.3 Å². The van der Waals surface area contributed by atoms with Crippen LogP contribution >= 0.6 is 0 Å². The molecule has 0 aliphatic rings. The third-order valence-electron chi connectivity index (χ3n) is 2.84. The second-order valence-corrected chi connectivity index (χ2v) is 3.78. The van der Waals surface area contributed by atoms with Crippen LogP contribution < -0.4 is 0 Å². The molecule has 0 heterocycles. The number of rotatable bonds is 6. The van der Waals surface area contributed by atoms with Crippen LogP contribution in [0, 0.1) is 10.1 Å². The van der Waals surface area contributed by atoms with E-state index in [4.69, 9.17) is 0 Å². The summed E-state index contributed by atoms with van der Waals surface area (Å²) in [5.74, 6) is -1.08. The molecule has 6 heteroatoms. The largest absolute Gasteiger partial charge is 0.480 e. The Morgan fingerprint density at radius 1 is 1.39 bits per heavy atom. The van der Waals surface area contributed by atoms with Crippen LogP contribution in [0.2, 0.25) is 0 Å². The number of nitrogens with zero attached hydrogens (tertiary/aromatic N) is 2. The van der Waals surface area contributed by atoms with Crippen molar-refractivity contribution in [3.05, 3.63) is 39.9 Å². The predicted molar refractivity (Wildman–Crippen MR) is 66.4 cm³/mol. The van der Waals surface area contributed by atoms with E-state index in [-0.39, 0.29) is 11.3 Å². The highest BCUT2D eigenvalue weighted by Crippen LogP contribution is 2.29. The van der Waals surface area contributed by atoms with E-state index in [0.717, 1.165) is 0 Å². The van der Waals surface area contributed by atoms with Crippen LogP contribution in [0.4, 0.5) is 5.69 Å². The number of hydrogen-bond acceptors (Lipinski definition) is 4. The molecule has 0 aliphatic carbocycles. The molecule has 0 fully saturated rings. The molecule has 1 rings (SSSR count). The van der Waals surface area contributed by atoms with E-state index >= 15 is 0 Å². The predicted octanol–water partition coefficient (Wildman–Crippen LogP) is 2.06. The molecular formula is C12H16N2O4. The van der Waals surface area contributed by atoms with E-state index < -0.39 is 16.9 Å². The van der Waals surface area contributed by atoms with Gasteiger partial charge in [0, 0.05) is 6.07 Å². The van der Waals surface area contributed by atoms with Crippen LogP contribution in [-0.4, -0.2) is 34.0 Å². The zero-order valence-corrected chi connectivity index (χ0v) is 10.4. The van der Waals surface area contributed by atoms with Gasteiger partial charge in [0.2, 0.25) is 0 Å². The summed E-state index contributed by atoms with van der Waals surface area (Å²) in [5, 5.41) is 20.2. The zero-order chi connectivity index (χ0) is 13.7. The van der Waals surface area contributed by atoms with Crippen molar-refractivity contribution in [3.63, 3.8) is 0 Å². The number of hydrogen-bond donors (Lipinski definition) is 1. The number of benzene rings is 1. The van der Waals surface area contributed by atoms with E-state index in [1.54, 1.807) is 11.0 Å². The summed E-state index contributed by atoms with van der Waals surface area (Å²) < 4.78 is 0. The first kappa shape index (κ1) is 14.1. The molecule has 0 spiro atoms. The number of carboxylic acids is 1. The summed E-state index contributed by atoms with van der Waals surface area (Å²) in [6.45, 7) is 4.68. The molecule has 1 aromatic carbocycles. The number of carbonyl (C=O) groups is 1. The average Bonchev–Trinajstić information content (AvgIpc) is 2.35. The van der Waals surface area contributed by atoms with Gasteiger partial charge < -0.3 is 5.11 Å². The Kier molecular flexibility index (Phi) is 4.79. The molecule has 0 radical (unpaired) electrons. The Balaban J connectivity index is 3.30. The maximum Gasteiger partial charge on any atom is 0.325 e. The number of aliphatic carboxylic acids is 1. The van der Waals surface area contributed by atoms with Crippen LogP contribution in [-0.2, 0) is 4.79 Å². The van der Waals surface area contributed by atoms with Gasteiger partial charge in [-0.05, 0) is 19.2 Å². The SMILES string of the molecule is CCN(CC)C(C(=O)O)c1ccccc1[N+](=O)[O-]. The van der Waals surface area contributed by atoms with Gasteiger partial charge in [-0.25, -0.2) is 0 Å². The van der Waals surface area contributed by atoms with Crippen molar-refractivity contribution >= 4 is 11.7 Å². The van der Waals surface area contributed by atoms with E-state index in [2.05, 4.69) is 0 Å². The van der Waals surface area contributed by atoms with Gasteiger partial charge >= 0.3 is 5.97 Å². The van der Waals surface area contributed by atoms with Crippen LogP contribution in [0.5, 0.6) is 0 Å². The van der Waals surface area contributed by atoms with Crippen LogP contribution in [0.25, 0.3) is 0 Å². The Morgan fingerprint density at radius 3 is 2.39 bits per heavy atom. The van der Waals surface area contributed by atoms with Gasteiger partial charge in [0.1, 0.15) is 6.04 Å². The Labute approximate surface area is 105 Å². The Bertz CT molecular complexity index is 443. The van der Waals surface area contributed by atoms with Crippen molar-refractivity contribution in [2.75, 3.05) is 13.1 Å².